The summed E-state index contributed by atoms with van der Waals surface area (Å²) in [6, 6.07) is 8.09. The maximum absolute atomic E-state index is 13.5. The number of sulfone groups is 1. The number of ether oxygens (including phenoxy) is 1. The quantitative estimate of drug-likeness (QED) is 0.577. The van der Waals surface area contributed by atoms with E-state index in [2.05, 4.69) is 0 Å². The van der Waals surface area contributed by atoms with Gasteiger partial charge < -0.3 is 4.74 Å². The van der Waals surface area contributed by atoms with Crippen LogP contribution in [0.4, 0.5) is 13.2 Å². The predicted molar refractivity (Wildman–Crippen MR) is 115 cm³/mol. The van der Waals surface area contributed by atoms with Crippen LogP contribution in [0.15, 0.2) is 30.3 Å². The van der Waals surface area contributed by atoms with Gasteiger partial charge in [-0.2, -0.15) is 13.2 Å². The van der Waals surface area contributed by atoms with Crippen molar-refractivity contribution >= 4 is 9.84 Å². The first-order valence-corrected chi connectivity index (χ1v) is 12.5. The number of aryl methyl sites for hydroxylation is 1. The maximum Gasteiger partial charge on any atom is 0.416 e. The minimum Gasteiger partial charge on any atom is -0.493 e. The molecule has 2 aromatic rings. The van der Waals surface area contributed by atoms with Crippen LogP contribution in [0.1, 0.15) is 54.4 Å². The molecule has 0 aromatic heterocycles. The molecule has 3 nitrogen and oxygen atoms in total. The Balaban J connectivity index is 1.57. The summed E-state index contributed by atoms with van der Waals surface area (Å²) in [7, 11) is -2.90. The van der Waals surface area contributed by atoms with Gasteiger partial charge in [0.25, 0.3) is 0 Å². The second-order valence-corrected chi connectivity index (χ2v) is 11.2. The number of rotatable bonds is 4. The molecule has 7 heteroatoms. The van der Waals surface area contributed by atoms with Crippen LogP contribution in [0.3, 0.4) is 0 Å². The van der Waals surface area contributed by atoms with E-state index in [1.807, 2.05) is 26.0 Å². The summed E-state index contributed by atoms with van der Waals surface area (Å²) in [4.78, 5) is 0. The second kappa shape index (κ2) is 8.15. The first-order chi connectivity index (χ1) is 14.5. The summed E-state index contributed by atoms with van der Waals surface area (Å²) in [5, 5.41) is 0. The largest absolute Gasteiger partial charge is 0.493 e. The number of hydrogen-bond acceptors (Lipinski definition) is 3. The van der Waals surface area contributed by atoms with E-state index >= 15 is 0 Å². The number of hydrogen-bond donors (Lipinski definition) is 0. The van der Waals surface area contributed by atoms with Crippen LogP contribution < -0.4 is 4.74 Å². The van der Waals surface area contributed by atoms with Crippen LogP contribution in [-0.2, 0) is 22.4 Å². The Hall–Kier alpha value is -2.02. The number of benzene rings is 2. The normalized spacial score (nSPS) is 21.1. The fraction of sp³-hybridized carbons (Fsp3) is 0.500. The third-order valence-electron chi connectivity index (χ3n) is 6.62. The fourth-order valence-electron chi connectivity index (χ4n) is 4.68. The molecule has 1 heterocycles. The molecule has 0 amide bonds. The van der Waals surface area contributed by atoms with Gasteiger partial charge in [0.15, 0.2) is 0 Å². The van der Waals surface area contributed by atoms with Crippen molar-refractivity contribution < 1.29 is 26.3 Å². The Morgan fingerprint density at radius 3 is 2.39 bits per heavy atom. The predicted octanol–water partition coefficient (Wildman–Crippen LogP) is 5.93. The molecule has 1 aliphatic heterocycles. The van der Waals surface area contributed by atoms with E-state index in [-0.39, 0.29) is 23.3 Å². The van der Waals surface area contributed by atoms with Crippen LogP contribution in [0.25, 0.3) is 11.1 Å². The average molecular weight is 453 g/mol. The Morgan fingerprint density at radius 1 is 1.03 bits per heavy atom. The Morgan fingerprint density at radius 2 is 1.74 bits per heavy atom. The van der Waals surface area contributed by atoms with Gasteiger partial charge in [0, 0.05) is 0 Å². The standard InChI is InChI=1S/C24H27F3O3S/c1-15-3-5-21-22(15)12-18(24(25,26)27)13-23(21)20-6-4-19(11-16(20)2)30-14-17-7-9-31(28,29)10-8-17/h4,6,11-13,15,17H,3,5,7-10,14H2,1-2H3. The van der Waals surface area contributed by atoms with Crippen molar-refractivity contribution in [3.63, 3.8) is 0 Å². The van der Waals surface area contributed by atoms with Gasteiger partial charge in [0.05, 0.1) is 23.7 Å². The number of halogens is 3. The highest BCUT2D eigenvalue weighted by Gasteiger charge is 2.34. The van der Waals surface area contributed by atoms with Gasteiger partial charge in [-0.25, -0.2) is 8.42 Å². The van der Waals surface area contributed by atoms with Crippen LogP contribution >= 0.6 is 0 Å². The molecule has 1 atom stereocenters. The highest BCUT2D eigenvalue weighted by Crippen LogP contribution is 2.44. The summed E-state index contributed by atoms with van der Waals surface area (Å²) in [6.07, 6.45) is -1.52. The minimum absolute atomic E-state index is 0.123. The third-order valence-corrected chi connectivity index (χ3v) is 8.33. The Bertz CT molecular complexity index is 1080. The lowest BCUT2D eigenvalue weighted by Crippen LogP contribution is -2.26. The van der Waals surface area contributed by atoms with Crippen molar-refractivity contribution in [2.45, 2.75) is 51.6 Å². The van der Waals surface area contributed by atoms with Gasteiger partial charge in [-0.05, 0) is 96.5 Å². The highest BCUT2D eigenvalue weighted by atomic mass is 32.2. The lowest BCUT2D eigenvalue weighted by atomic mass is 9.90. The molecule has 1 saturated heterocycles. The van der Waals surface area contributed by atoms with Crippen molar-refractivity contribution in [3.8, 4) is 16.9 Å². The molecule has 2 aromatic carbocycles. The molecular formula is C24H27F3O3S. The number of fused-ring (bicyclic) bond motifs is 1. The molecule has 31 heavy (non-hydrogen) atoms. The van der Waals surface area contributed by atoms with Crippen LogP contribution in [0, 0.1) is 12.8 Å². The molecule has 0 radical (unpaired) electrons. The monoisotopic (exact) mass is 452 g/mol. The van der Waals surface area contributed by atoms with E-state index < -0.39 is 21.6 Å². The molecule has 0 spiro atoms. The van der Waals surface area contributed by atoms with Crippen LogP contribution in [0.2, 0.25) is 0 Å². The van der Waals surface area contributed by atoms with Crippen molar-refractivity contribution in [2.75, 3.05) is 18.1 Å². The lowest BCUT2D eigenvalue weighted by Gasteiger charge is -2.22. The molecule has 4 rings (SSSR count). The van der Waals surface area contributed by atoms with E-state index in [9.17, 15) is 21.6 Å². The molecule has 0 saturated carbocycles. The molecule has 2 aliphatic rings. The number of alkyl halides is 3. The molecule has 0 bridgehead atoms. The zero-order valence-electron chi connectivity index (χ0n) is 17.8. The zero-order valence-corrected chi connectivity index (χ0v) is 18.6. The molecular weight excluding hydrogens is 425 g/mol. The van der Waals surface area contributed by atoms with Crippen molar-refractivity contribution in [1.29, 1.82) is 0 Å². The van der Waals surface area contributed by atoms with E-state index in [1.165, 1.54) is 12.1 Å². The van der Waals surface area contributed by atoms with Crippen molar-refractivity contribution in [1.82, 2.24) is 0 Å². The Labute approximate surface area is 181 Å². The smallest absolute Gasteiger partial charge is 0.416 e. The third kappa shape index (κ3) is 4.76. The first-order valence-electron chi connectivity index (χ1n) is 10.7. The van der Waals surface area contributed by atoms with E-state index in [4.69, 9.17) is 4.74 Å². The summed E-state index contributed by atoms with van der Waals surface area (Å²) >= 11 is 0. The van der Waals surface area contributed by atoms with Crippen molar-refractivity contribution in [3.05, 3.63) is 52.6 Å². The Kier molecular flexibility index (Phi) is 5.83. The summed E-state index contributed by atoms with van der Waals surface area (Å²) < 4.78 is 69.6. The van der Waals surface area contributed by atoms with Gasteiger partial charge >= 0.3 is 6.18 Å². The summed E-state index contributed by atoms with van der Waals surface area (Å²) in [5.74, 6) is 1.40. The fourth-order valence-corrected chi connectivity index (χ4v) is 6.27. The average Bonchev–Trinajstić information content (AvgIpc) is 3.07. The minimum atomic E-state index is -4.38. The van der Waals surface area contributed by atoms with Gasteiger partial charge in [-0.15, -0.1) is 0 Å². The maximum atomic E-state index is 13.5. The SMILES string of the molecule is Cc1cc(OCC2CCS(=O)(=O)CC2)ccc1-c1cc(C(F)(F)F)cc2c1CCC2C. The van der Waals surface area contributed by atoms with Gasteiger partial charge in [0.1, 0.15) is 15.6 Å². The summed E-state index contributed by atoms with van der Waals surface area (Å²) in [5.41, 5.74) is 3.55. The molecule has 1 unspecified atom stereocenters. The highest BCUT2D eigenvalue weighted by molar-refractivity contribution is 7.91. The first kappa shape index (κ1) is 22.2. The summed E-state index contributed by atoms with van der Waals surface area (Å²) in [6.45, 7) is 4.32. The molecule has 1 fully saturated rings. The topological polar surface area (TPSA) is 43.4 Å². The van der Waals surface area contributed by atoms with Crippen LogP contribution in [-0.4, -0.2) is 26.5 Å². The van der Waals surface area contributed by atoms with E-state index in [0.717, 1.165) is 35.1 Å². The van der Waals surface area contributed by atoms with Gasteiger partial charge in [-0.1, -0.05) is 13.0 Å². The molecule has 168 valence electrons. The van der Waals surface area contributed by atoms with Gasteiger partial charge in [-0.3, -0.25) is 0 Å². The second-order valence-electron chi connectivity index (χ2n) is 8.91. The van der Waals surface area contributed by atoms with E-state index in [0.29, 0.717) is 30.8 Å². The molecule has 1 aliphatic carbocycles. The van der Waals surface area contributed by atoms with Crippen molar-refractivity contribution in [2.24, 2.45) is 5.92 Å². The lowest BCUT2D eigenvalue weighted by molar-refractivity contribution is -0.137. The molecule has 0 N–H and O–H groups in total. The van der Waals surface area contributed by atoms with Crippen LogP contribution in [0.5, 0.6) is 5.75 Å². The van der Waals surface area contributed by atoms with E-state index in [1.54, 1.807) is 6.07 Å². The van der Waals surface area contributed by atoms with Gasteiger partial charge in [0.2, 0.25) is 0 Å². The zero-order chi connectivity index (χ0) is 22.4.